The molecule has 0 aliphatic rings. The fraction of sp³-hybridized carbons (Fsp3) is 0.462. The van der Waals surface area contributed by atoms with Crippen molar-refractivity contribution in [1.29, 1.82) is 0 Å². The molecule has 0 aliphatic carbocycles. The maximum atomic E-state index is 11.5. The summed E-state index contributed by atoms with van der Waals surface area (Å²) in [4.78, 5) is 11.5. The average Bonchev–Trinajstić information content (AvgIpc) is 2.27. The Morgan fingerprint density at radius 1 is 1.47 bits per heavy atom. The molecule has 3 N–H and O–H groups in total. The predicted molar refractivity (Wildman–Crippen MR) is 65.7 cm³/mol. The molecular weight excluding hydrogens is 218 g/mol. The molecule has 0 fully saturated rings. The smallest absolute Gasteiger partial charge is 0.224 e. The van der Waals surface area contributed by atoms with E-state index in [-0.39, 0.29) is 24.6 Å². The molecule has 0 heterocycles. The van der Waals surface area contributed by atoms with E-state index < -0.39 is 6.10 Å². The number of hydrogen-bond donors (Lipinski definition) is 3. The van der Waals surface area contributed by atoms with Crippen LogP contribution in [0.2, 0.25) is 0 Å². The van der Waals surface area contributed by atoms with Gasteiger partial charge in [-0.15, -0.1) is 0 Å². The van der Waals surface area contributed by atoms with E-state index in [1.54, 1.807) is 24.3 Å². The van der Waals surface area contributed by atoms with Crippen molar-refractivity contribution in [3.63, 3.8) is 0 Å². The molecule has 17 heavy (non-hydrogen) atoms. The van der Waals surface area contributed by atoms with Crippen LogP contribution in [0, 0.1) is 0 Å². The van der Waals surface area contributed by atoms with Crippen molar-refractivity contribution in [3.05, 3.63) is 29.8 Å². The topological polar surface area (TPSA) is 69.6 Å². The summed E-state index contributed by atoms with van der Waals surface area (Å²) in [5, 5.41) is 21.4. The van der Waals surface area contributed by atoms with Crippen LogP contribution in [0.15, 0.2) is 24.3 Å². The summed E-state index contributed by atoms with van der Waals surface area (Å²) in [5.41, 5.74) is 0.757. The maximum Gasteiger partial charge on any atom is 0.224 e. The number of hydrogen-bond acceptors (Lipinski definition) is 3. The van der Waals surface area contributed by atoms with Gasteiger partial charge in [-0.2, -0.15) is 0 Å². The molecule has 0 radical (unpaired) electrons. The molecule has 1 unspecified atom stereocenters. The van der Waals surface area contributed by atoms with Gasteiger partial charge < -0.3 is 15.5 Å². The van der Waals surface area contributed by atoms with Gasteiger partial charge in [0.2, 0.25) is 5.91 Å². The number of carbonyl (C=O) groups is 1. The number of nitrogens with one attached hydrogen (secondary N) is 1. The molecule has 0 saturated carbocycles. The molecule has 0 aromatic heterocycles. The van der Waals surface area contributed by atoms with Crippen molar-refractivity contribution in [2.24, 2.45) is 0 Å². The number of aliphatic hydroxyl groups excluding tert-OH is 1. The highest BCUT2D eigenvalue weighted by Crippen LogP contribution is 2.11. The van der Waals surface area contributed by atoms with Crippen molar-refractivity contribution in [2.75, 3.05) is 6.54 Å². The summed E-state index contributed by atoms with van der Waals surface area (Å²) in [7, 11) is 0. The SMILES string of the molecule is CCCC(O)CNC(=O)Cc1cccc(O)c1. The van der Waals surface area contributed by atoms with Gasteiger partial charge in [0.25, 0.3) is 0 Å². The quantitative estimate of drug-likeness (QED) is 0.696. The largest absolute Gasteiger partial charge is 0.508 e. The molecule has 1 atom stereocenters. The lowest BCUT2D eigenvalue weighted by Crippen LogP contribution is -2.33. The van der Waals surface area contributed by atoms with Gasteiger partial charge >= 0.3 is 0 Å². The van der Waals surface area contributed by atoms with Gasteiger partial charge in [-0.25, -0.2) is 0 Å². The zero-order valence-electron chi connectivity index (χ0n) is 10.0. The number of phenols is 1. The van der Waals surface area contributed by atoms with Crippen LogP contribution in [-0.2, 0) is 11.2 Å². The number of aromatic hydroxyl groups is 1. The summed E-state index contributed by atoms with van der Waals surface area (Å²) < 4.78 is 0. The number of aliphatic hydroxyl groups is 1. The third-order valence-electron chi connectivity index (χ3n) is 2.43. The monoisotopic (exact) mass is 237 g/mol. The summed E-state index contributed by atoms with van der Waals surface area (Å²) in [6.07, 6.45) is 1.32. The van der Waals surface area contributed by atoms with E-state index in [4.69, 9.17) is 0 Å². The maximum absolute atomic E-state index is 11.5. The molecular formula is C13H19NO3. The minimum atomic E-state index is -0.479. The molecule has 0 aliphatic heterocycles. The Labute approximate surface area is 101 Å². The van der Waals surface area contributed by atoms with Crippen LogP contribution in [0.25, 0.3) is 0 Å². The Balaban J connectivity index is 2.34. The average molecular weight is 237 g/mol. The van der Waals surface area contributed by atoms with E-state index in [0.29, 0.717) is 6.42 Å². The summed E-state index contributed by atoms with van der Waals surface area (Å²) in [6.45, 7) is 2.27. The molecule has 94 valence electrons. The predicted octanol–water partition coefficient (Wildman–Crippen LogP) is 1.21. The highest BCUT2D eigenvalue weighted by atomic mass is 16.3. The third-order valence-corrected chi connectivity index (χ3v) is 2.43. The van der Waals surface area contributed by atoms with Crippen LogP contribution in [0.4, 0.5) is 0 Å². The van der Waals surface area contributed by atoms with Crippen LogP contribution in [0.3, 0.4) is 0 Å². The van der Waals surface area contributed by atoms with Gasteiger partial charge in [-0.05, 0) is 24.1 Å². The molecule has 4 nitrogen and oxygen atoms in total. The molecule has 1 aromatic rings. The van der Waals surface area contributed by atoms with E-state index in [9.17, 15) is 15.0 Å². The van der Waals surface area contributed by atoms with E-state index in [2.05, 4.69) is 5.32 Å². The first kappa shape index (κ1) is 13.5. The van der Waals surface area contributed by atoms with Crippen molar-refractivity contribution < 1.29 is 15.0 Å². The zero-order chi connectivity index (χ0) is 12.7. The number of phenolic OH excluding ortho intramolecular Hbond substituents is 1. The van der Waals surface area contributed by atoms with E-state index >= 15 is 0 Å². The van der Waals surface area contributed by atoms with Crippen molar-refractivity contribution in [2.45, 2.75) is 32.3 Å². The van der Waals surface area contributed by atoms with Gasteiger partial charge in [-0.3, -0.25) is 4.79 Å². The molecule has 4 heteroatoms. The van der Waals surface area contributed by atoms with Gasteiger partial charge in [0.05, 0.1) is 12.5 Å². The lowest BCUT2D eigenvalue weighted by atomic mass is 10.1. The first-order valence-electron chi connectivity index (χ1n) is 5.84. The summed E-state index contributed by atoms with van der Waals surface area (Å²) >= 11 is 0. The van der Waals surface area contributed by atoms with E-state index in [1.807, 2.05) is 6.92 Å². The van der Waals surface area contributed by atoms with E-state index in [0.717, 1.165) is 12.0 Å². The fourth-order valence-corrected chi connectivity index (χ4v) is 1.58. The number of rotatable bonds is 6. The molecule has 0 spiro atoms. The molecule has 0 saturated heterocycles. The van der Waals surface area contributed by atoms with E-state index in [1.165, 1.54) is 0 Å². The van der Waals surface area contributed by atoms with Crippen molar-refractivity contribution >= 4 is 5.91 Å². The zero-order valence-corrected chi connectivity index (χ0v) is 10.0. The summed E-state index contributed by atoms with van der Waals surface area (Å²) in [5.74, 6) is 0.00655. The third kappa shape index (κ3) is 5.36. The van der Waals surface area contributed by atoms with Gasteiger partial charge in [-0.1, -0.05) is 25.5 Å². The highest BCUT2D eigenvalue weighted by molar-refractivity contribution is 5.78. The van der Waals surface area contributed by atoms with Crippen LogP contribution in [0.1, 0.15) is 25.3 Å². The van der Waals surface area contributed by atoms with Crippen LogP contribution >= 0.6 is 0 Å². The second-order valence-electron chi connectivity index (χ2n) is 4.09. The normalized spacial score (nSPS) is 12.1. The van der Waals surface area contributed by atoms with Gasteiger partial charge in [0, 0.05) is 6.54 Å². The molecule has 1 rings (SSSR count). The first-order valence-corrected chi connectivity index (χ1v) is 5.84. The standard InChI is InChI=1S/C13H19NO3/c1-2-4-12(16)9-14-13(17)8-10-5-3-6-11(15)7-10/h3,5-7,12,15-16H,2,4,8-9H2,1H3,(H,14,17). The lowest BCUT2D eigenvalue weighted by Gasteiger charge is -2.10. The molecule has 0 bridgehead atoms. The fourth-order valence-electron chi connectivity index (χ4n) is 1.58. The minimum Gasteiger partial charge on any atom is -0.508 e. The summed E-state index contributed by atoms with van der Waals surface area (Å²) in [6, 6.07) is 6.60. The Kier molecular flexibility index (Phi) is 5.49. The second-order valence-corrected chi connectivity index (χ2v) is 4.09. The van der Waals surface area contributed by atoms with Crippen LogP contribution < -0.4 is 5.32 Å². The van der Waals surface area contributed by atoms with Gasteiger partial charge in [0.15, 0.2) is 0 Å². The second kappa shape index (κ2) is 6.91. The Hall–Kier alpha value is -1.55. The molecule has 1 amide bonds. The lowest BCUT2D eigenvalue weighted by molar-refractivity contribution is -0.120. The van der Waals surface area contributed by atoms with Crippen LogP contribution in [-0.4, -0.2) is 28.8 Å². The van der Waals surface area contributed by atoms with Crippen molar-refractivity contribution in [3.8, 4) is 5.75 Å². The van der Waals surface area contributed by atoms with Crippen LogP contribution in [0.5, 0.6) is 5.75 Å². The number of benzene rings is 1. The Morgan fingerprint density at radius 2 is 2.24 bits per heavy atom. The van der Waals surface area contributed by atoms with Gasteiger partial charge in [0.1, 0.15) is 5.75 Å². The first-order chi connectivity index (χ1) is 8.11. The number of amides is 1. The number of carbonyl (C=O) groups excluding carboxylic acids is 1. The Morgan fingerprint density at radius 3 is 2.88 bits per heavy atom. The Bertz CT molecular complexity index is 365. The molecule has 1 aromatic carbocycles. The van der Waals surface area contributed by atoms with Crippen molar-refractivity contribution in [1.82, 2.24) is 5.32 Å². The minimum absolute atomic E-state index is 0.147. The highest BCUT2D eigenvalue weighted by Gasteiger charge is 2.07.